The normalized spacial score (nSPS) is 10.5. The second-order valence-electron chi connectivity index (χ2n) is 5.47. The molecule has 0 bridgehead atoms. The number of benzene rings is 2. The van der Waals surface area contributed by atoms with E-state index in [1.807, 2.05) is 61.5 Å². The van der Waals surface area contributed by atoms with E-state index in [1.54, 1.807) is 6.20 Å². The van der Waals surface area contributed by atoms with Crippen molar-refractivity contribution in [3.8, 4) is 11.1 Å². The van der Waals surface area contributed by atoms with Crippen LogP contribution in [0.1, 0.15) is 17.5 Å². The Morgan fingerprint density at radius 2 is 1.83 bits per heavy atom. The molecule has 0 aliphatic heterocycles. The summed E-state index contributed by atoms with van der Waals surface area (Å²) in [6, 6.07) is 17.9. The van der Waals surface area contributed by atoms with E-state index >= 15 is 0 Å². The number of anilines is 1. The Morgan fingerprint density at radius 1 is 1.09 bits per heavy atom. The predicted octanol–water partition coefficient (Wildman–Crippen LogP) is 4.22. The van der Waals surface area contributed by atoms with Gasteiger partial charge in [0.1, 0.15) is 0 Å². The van der Waals surface area contributed by atoms with Gasteiger partial charge in [-0.05, 0) is 24.5 Å². The van der Waals surface area contributed by atoms with Gasteiger partial charge in [0.15, 0.2) is 0 Å². The highest BCUT2D eigenvalue weighted by molar-refractivity contribution is 5.93. The maximum absolute atomic E-state index is 12.1. The van der Waals surface area contributed by atoms with Crippen LogP contribution in [0.5, 0.6) is 0 Å². The van der Waals surface area contributed by atoms with Gasteiger partial charge >= 0.3 is 0 Å². The molecule has 1 N–H and O–H groups in total. The van der Waals surface area contributed by atoms with Gasteiger partial charge in [0, 0.05) is 6.42 Å². The smallest absolute Gasteiger partial charge is 0.239 e. The largest absolute Gasteiger partial charge is 0.338 e. The molecule has 3 rings (SSSR count). The summed E-state index contributed by atoms with van der Waals surface area (Å²) in [4.78, 5) is 12.1. The highest BCUT2D eigenvalue weighted by atomic mass is 16.5. The standard InChI is InChI=1S/C19H18N2O2/c1-14-7-10-16(11-8-14)17-13-20-23-19(17)21-18(22)12-9-15-5-3-2-4-6-15/h2-8,10-11,13H,9,12H2,1H3,(H,21,22). The van der Waals surface area contributed by atoms with Crippen molar-refractivity contribution in [2.24, 2.45) is 0 Å². The van der Waals surface area contributed by atoms with Crippen LogP contribution < -0.4 is 5.32 Å². The first kappa shape index (κ1) is 15.0. The summed E-state index contributed by atoms with van der Waals surface area (Å²) in [5, 5.41) is 6.61. The maximum atomic E-state index is 12.1. The van der Waals surface area contributed by atoms with Crippen LogP contribution in [-0.4, -0.2) is 11.1 Å². The van der Waals surface area contributed by atoms with Crippen molar-refractivity contribution in [1.82, 2.24) is 5.16 Å². The lowest BCUT2D eigenvalue weighted by molar-refractivity contribution is -0.116. The molecule has 0 atom stereocenters. The Balaban J connectivity index is 1.65. The molecule has 1 amide bonds. The van der Waals surface area contributed by atoms with Crippen molar-refractivity contribution in [3.05, 3.63) is 71.9 Å². The van der Waals surface area contributed by atoms with Gasteiger partial charge in [-0.3, -0.25) is 10.1 Å². The van der Waals surface area contributed by atoms with E-state index in [0.717, 1.165) is 16.7 Å². The first-order valence-electron chi connectivity index (χ1n) is 7.58. The SMILES string of the molecule is Cc1ccc(-c2cnoc2NC(=O)CCc2ccccc2)cc1. The number of aromatic nitrogens is 1. The van der Waals surface area contributed by atoms with E-state index in [0.29, 0.717) is 18.7 Å². The van der Waals surface area contributed by atoms with Gasteiger partial charge in [-0.2, -0.15) is 0 Å². The van der Waals surface area contributed by atoms with Crippen LogP contribution in [0.2, 0.25) is 0 Å². The summed E-state index contributed by atoms with van der Waals surface area (Å²) in [6.45, 7) is 2.03. The second kappa shape index (κ2) is 6.92. The van der Waals surface area contributed by atoms with Crippen LogP contribution in [0.3, 0.4) is 0 Å². The average Bonchev–Trinajstić information content (AvgIpc) is 3.03. The summed E-state index contributed by atoms with van der Waals surface area (Å²) in [7, 11) is 0. The molecule has 0 aliphatic carbocycles. The maximum Gasteiger partial charge on any atom is 0.239 e. The monoisotopic (exact) mass is 306 g/mol. The lowest BCUT2D eigenvalue weighted by atomic mass is 10.1. The second-order valence-corrected chi connectivity index (χ2v) is 5.47. The zero-order valence-electron chi connectivity index (χ0n) is 13.0. The number of carbonyl (C=O) groups is 1. The Kier molecular flexibility index (Phi) is 4.52. The molecule has 4 nitrogen and oxygen atoms in total. The van der Waals surface area contributed by atoms with Crippen LogP contribution in [-0.2, 0) is 11.2 Å². The van der Waals surface area contributed by atoms with Crippen LogP contribution in [0, 0.1) is 6.92 Å². The predicted molar refractivity (Wildman–Crippen MR) is 90.1 cm³/mol. The first-order valence-corrected chi connectivity index (χ1v) is 7.58. The molecule has 4 heteroatoms. The van der Waals surface area contributed by atoms with Crippen molar-refractivity contribution in [3.63, 3.8) is 0 Å². The van der Waals surface area contributed by atoms with E-state index in [4.69, 9.17) is 4.52 Å². The molecular formula is C19H18N2O2. The van der Waals surface area contributed by atoms with Crippen molar-refractivity contribution in [1.29, 1.82) is 0 Å². The van der Waals surface area contributed by atoms with Crippen molar-refractivity contribution < 1.29 is 9.32 Å². The Morgan fingerprint density at radius 3 is 2.57 bits per heavy atom. The molecular weight excluding hydrogens is 288 g/mol. The highest BCUT2D eigenvalue weighted by Crippen LogP contribution is 2.28. The lowest BCUT2D eigenvalue weighted by Crippen LogP contribution is -2.12. The molecule has 2 aromatic carbocycles. The van der Waals surface area contributed by atoms with Crippen molar-refractivity contribution >= 4 is 11.8 Å². The minimum atomic E-state index is -0.0843. The minimum Gasteiger partial charge on any atom is -0.338 e. The fourth-order valence-electron chi connectivity index (χ4n) is 2.36. The van der Waals surface area contributed by atoms with Gasteiger partial charge in [0.2, 0.25) is 11.8 Å². The van der Waals surface area contributed by atoms with Crippen LogP contribution in [0.25, 0.3) is 11.1 Å². The van der Waals surface area contributed by atoms with Crippen LogP contribution in [0.15, 0.2) is 65.3 Å². The number of hydrogen-bond acceptors (Lipinski definition) is 3. The number of aryl methyl sites for hydroxylation is 2. The third-order valence-electron chi connectivity index (χ3n) is 3.67. The molecule has 0 radical (unpaired) electrons. The molecule has 0 aliphatic rings. The fraction of sp³-hybridized carbons (Fsp3) is 0.158. The number of carbonyl (C=O) groups excluding carboxylic acids is 1. The van der Waals surface area contributed by atoms with Gasteiger partial charge < -0.3 is 4.52 Å². The molecule has 0 saturated carbocycles. The third-order valence-corrected chi connectivity index (χ3v) is 3.67. The number of rotatable bonds is 5. The van der Waals surface area contributed by atoms with E-state index in [-0.39, 0.29) is 5.91 Å². The number of nitrogens with one attached hydrogen (secondary N) is 1. The first-order chi connectivity index (χ1) is 11.2. The van der Waals surface area contributed by atoms with Gasteiger partial charge in [0.05, 0.1) is 11.8 Å². The molecule has 1 aromatic heterocycles. The summed E-state index contributed by atoms with van der Waals surface area (Å²) in [6.07, 6.45) is 2.72. The topological polar surface area (TPSA) is 55.1 Å². The van der Waals surface area contributed by atoms with Gasteiger partial charge in [-0.1, -0.05) is 65.3 Å². The van der Waals surface area contributed by atoms with Crippen molar-refractivity contribution in [2.75, 3.05) is 5.32 Å². The van der Waals surface area contributed by atoms with E-state index < -0.39 is 0 Å². The minimum absolute atomic E-state index is 0.0843. The summed E-state index contributed by atoms with van der Waals surface area (Å²) in [5.74, 6) is 0.311. The molecule has 0 spiro atoms. The Hall–Kier alpha value is -2.88. The average molecular weight is 306 g/mol. The van der Waals surface area contributed by atoms with E-state index in [1.165, 1.54) is 5.56 Å². The molecule has 23 heavy (non-hydrogen) atoms. The fourth-order valence-corrected chi connectivity index (χ4v) is 2.36. The van der Waals surface area contributed by atoms with Gasteiger partial charge in [-0.25, -0.2) is 0 Å². The summed E-state index contributed by atoms with van der Waals surface area (Å²) < 4.78 is 5.19. The molecule has 0 unspecified atom stereocenters. The molecule has 0 saturated heterocycles. The molecule has 3 aromatic rings. The van der Waals surface area contributed by atoms with Gasteiger partial charge in [-0.15, -0.1) is 0 Å². The van der Waals surface area contributed by atoms with Crippen LogP contribution in [0.4, 0.5) is 5.88 Å². The quantitative estimate of drug-likeness (QED) is 0.767. The van der Waals surface area contributed by atoms with Crippen molar-refractivity contribution in [2.45, 2.75) is 19.8 Å². The number of nitrogens with zero attached hydrogens (tertiary/aromatic N) is 1. The van der Waals surface area contributed by atoms with Crippen LogP contribution >= 0.6 is 0 Å². The summed E-state index contributed by atoms with van der Waals surface area (Å²) in [5.41, 5.74) is 4.07. The zero-order valence-corrected chi connectivity index (χ0v) is 13.0. The third kappa shape index (κ3) is 3.86. The Labute approximate surface area is 135 Å². The number of hydrogen-bond donors (Lipinski definition) is 1. The zero-order chi connectivity index (χ0) is 16.1. The number of amides is 1. The Bertz CT molecular complexity index is 777. The molecule has 116 valence electrons. The van der Waals surface area contributed by atoms with Gasteiger partial charge in [0.25, 0.3) is 0 Å². The summed E-state index contributed by atoms with van der Waals surface area (Å²) >= 11 is 0. The molecule has 1 heterocycles. The highest BCUT2D eigenvalue weighted by Gasteiger charge is 2.13. The molecule has 0 fully saturated rings. The van der Waals surface area contributed by atoms with E-state index in [2.05, 4.69) is 10.5 Å². The lowest BCUT2D eigenvalue weighted by Gasteiger charge is -2.05. The van der Waals surface area contributed by atoms with E-state index in [9.17, 15) is 4.79 Å².